The van der Waals surface area contributed by atoms with Crippen molar-refractivity contribution in [2.45, 2.75) is 11.4 Å². The lowest BCUT2D eigenvalue weighted by molar-refractivity contribution is -0.116. The van der Waals surface area contributed by atoms with Crippen LogP contribution in [0.5, 0.6) is 5.75 Å². The van der Waals surface area contributed by atoms with E-state index in [0.29, 0.717) is 11.4 Å². The summed E-state index contributed by atoms with van der Waals surface area (Å²) < 4.78 is 45.6. The van der Waals surface area contributed by atoms with Crippen molar-refractivity contribution >= 4 is 21.6 Å². The summed E-state index contributed by atoms with van der Waals surface area (Å²) >= 11 is 0. The molecule has 0 aliphatic heterocycles. The average molecular weight is 428 g/mol. The SMILES string of the molecule is COc1ccc(NC(=O)CN(Cc2ccccc2)S(=O)(=O)c2ccc(F)cc2)cc1. The van der Waals surface area contributed by atoms with E-state index < -0.39 is 28.3 Å². The normalized spacial score (nSPS) is 11.3. The van der Waals surface area contributed by atoms with Gasteiger partial charge >= 0.3 is 0 Å². The minimum absolute atomic E-state index is 0.00339. The molecule has 8 heteroatoms. The number of rotatable bonds is 8. The van der Waals surface area contributed by atoms with E-state index in [1.165, 1.54) is 19.2 Å². The van der Waals surface area contributed by atoms with Gasteiger partial charge in [-0.25, -0.2) is 12.8 Å². The summed E-state index contributed by atoms with van der Waals surface area (Å²) in [5, 5.41) is 2.68. The maximum atomic E-state index is 13.2. The molecule has 156 valence electrons. The zero-order valence-electron chi connectivity index (χ0n) is 16.3. The van der Waals surface area contributed by atoms with Gasteiger partial charge in [0.1, 0.15) is 11.6 Å². The molecular formula is C22H21FN2O4S. The summed E-state index contributed by atoms with van der Waals surface area (Å²) in [7, 11) is -2.49. The van der Waals surface area contributed by atoms with Gasteiger partial charge in [0.15, 0.2) is 0 Å². The summed E-state index contributed by atoms with van der Waals surface area (Å²) in [6.07, 6.45) is 0. The smallest absolute Gasteiger partial charge is 0.243 e. The van der Waals surface area contributed by atoms with Crippen LogP contribution in [-0.4, -0.2) is 32.3 Å². The highest BCUT2D eigenvalue weighted by molar-refractivity contribution is 7.89. The Morgan fingerprint density at radius 2 is 1.60 bits per heavy atom. The van der Waals surface area contributed by atoms with Crippen molar-refractivity contribution < 1.29 is 22.3 Å². The molecule has 0 fully saturated rings. The van der Waals surface area contributed by atoms with Crippen LogP contribution in [0.2, 0.25) is 0 Å². The number of carbonyl (C=O) groups excluding carboxylic acids is 1. The number of anilines is 1. The Kier molecular flexibility index (Phi) is 6.81. The molecule has 3 rings (SSSR count). The van der Waals surface area contributed by atoms with Crippen molar-refractivity contribution in [3.05, 3.63) is 90.2 Å². The van der Waals surface area contributed by atoms with Gasteiger partial charge < -0.3 is 10.1 Å². The van der Waals surface area contributed by atoms with Crippen molar-refractivity contribution in [2.75, 3.05) is 19.0 Å². The molecule has 0 unspecified atom stereocenters. The van der Waals surface area contributed by atoms with Crippen molar-refractivity contribution in [3.8, 4) is 5.75 Å². The van der Waals surface area contributed by atoms with Gasteiger partial charge in [-0.05, 0) is 54.1 Å². The first-order valence-corrected chi connectivity index (χ1v) is 10.6. The molecule has 0 aliphatic carbocycles. The Morgan fingerprint density at radius 1 is 0.967 bits per heavy atom. The molecule has 0 bridgehead atoms. The third kappa shape index (κ3) is 5.43. The number of ether oxygens (including phenoxy) is 1. The predicted octanol–water partition coefficient (Wildman–Crippen LogP) is 3.66. The Labute approximate surface area is 175 Å². The number of nitrogens with one attached hydrogen (secondary N) is 1. The number of halogens is 1. The zero-order valence-corrected chi connectivity index (χ0v) is 17.1. The maximum absolute atomic E-state index is 13.2. The molecule has 1 N–H and O–H groups in total. The van der Waals surface area contributed by atoms with E-state index in [4.69, 9.17) is 4.74 Å². The number of benzene rings is 3. The molecule has 3 aromatic carbocycles. The second-order valence-electron chi connectivity index (χ2n) is 6.49. The van der Waals surface area contributed by atoms with Crippen LogP contribution in [0.3, 0.4) is 0 Å². The number of hydrogen-bond donors (Lipinski definition) is 1. The predicted molar refractivity (Wildman–Crippen MR) is 112 cm³/mol. The molecule has 1 amide bonds. The van der Waals surface area contributed by atoms with Gasteiger partial charge in [0.2, 0.25) is 15.9 Å². The van der Waals surface area contributed by atoms with E-state index in [1.807, 2.05) is 6.07 Å². The highest BCUT2D eigenvalue weighted by atomic mass is 32.2. The number of sulfonamides is 1. The number of methoxy groups -OCH3 is 1. The highest BCUT2D eigenvalue weighted by Crippen LogP contribution is 2.20. The molecule has 0 saturated heterocycles. The van der Waals surface area contributed by atoms with Gasteiger partial charge in [0, 0.05) is 12.2 Å². The minimum atomic E-state index is -4.03. The molecule has 0 radical (unpaired) electrons. The van der Waals surface area contributed by atoms with Gasteiger partial charge in [-0.1, -0.05) is 30.3 Å². The van der Waals surface area contributed by atoms with Crippen LogP contribution in [0.4, 0.5) is 10.1 Å². The number of amides is 1. The lowest BCUT2D eigenvalue weighted by Gasteiger charge is -2.22. The molecule has 0 saturated carbocycles. The molecule has 0 spiro atoms. The third-order valence-electron chi connectivity index (χ3n) is 4.35. The molecule has 0 aliphatic rings. The number of nitrogens with zero attached hydrogens (tertiary/aromatic N) is 1. The van der Waals surface area contributed by atoms with Crippen LogP contribution in [0.25, 0.3) is 0 Å². The lowest BCUT2D eigenvalue weighted by Crippen LogP contribution is -2.37. The van der Waals surface area contributed by atoms with E-state index in [0.717, 1.165) is 22.0 Å². The van der Waals surface area contributed by atoms with Gasteiger partial charge in [-0.15, -0.1) is 0 Å². The Bertz CT molecular complexity index is 1090. The zero-order chi connectivity index (χ0) is 21.6. The summed E-state index contributed by atoms with van der Waals surface area (Å²) in [6.45, 7) is -0.406. The Balaban J connectivity index is 1.83. The van der Waals surface area contributed by atoms with Crippen molar-refractivity contribution in [3.63, 3.8) is 0 Å². The molecule has 0 heterocycles. The fraction of sp³-hybridized carbons (Fsp3) is 0.136. The van der Waals surface area contributed by atoms with E-state index >= 15 is 0 Å². The summed E-state index contributed by atoms with van der Waals surface area (Å²) in [5.41, 5.74) is 1.24. The van der Waals surface area contributed by atoms with Gasteiger partial charge in [-0.2, -0.15) is 4.31 Å². The Hall–Kier alpha value is -3.23. The standard InChI is InChI=1S/C22H21FN2O4S/c1-29-20-11-9-19(10-12-20)24-22(26)16-25(15-17-5-3-2-4-6-17)30(27,28)21-13-7-18(23)8-14-21/h2-14H,15-16H2,1H3,(H,24,26). The summed E-state index contributed by atoms with van der Waals surface area (Å²) in [4.78, 5) is 12.5. The largest absolute Gasteiger partial charge is 0.497 e. The number of carbonyl (C=O) groups is 1. The van der Waals surface area contributed by atoms with Crippen molar-refractivity contribution in [1.82, 2.24) is 4.31 Å². The molecule has 3 aromatic rings. The van der Waals surface area contributed by atoms with Crippen molar-refractivity contribution in [2.24, 2.45) is 0 Å². The van der Waals surface area contributed by atoms with E-state index in [1.54, 1.807) is 48.5 Å². The topological polar surface area (TPSA) is 75.7 Å². The van der Waals surface area contributed by atoms with E-state index in [2.05, 4.69) is 5.32 Å². The summed E-state index contributed by atoms with van der Waals surface area (Å²) in [5.74, 6) is -0.403. The second kappa shape index (κ2) is 9.51. The third-order valence-corrected chi connectivity index (χ3v) is 6.15. The van der Waals surface area contributed by atoms with Crippen molar-refractivity contribution in [1.29, 1.82) is 0 Å². The molecule has 0 atom stereocenters. The number of hydrogen-bond acceptors (Lipinski definition) is 4. The average Bonchev–Trinajstić information content (AvgIpc) is 2.75. The fourth-order valence-corrected chi connectivity index (χ4v) is 4.19. The quantitative estimate of drug-likeness (QED) is 0.594. The minimum Gasteiger partial charge on any atom is -0.497 e. The van der Waals surface area contributed by atoms with Crippen LogP contribution in [0.1, 0.15) is 5.56 Å². The Morgan fingerprint density at radius 3 is 2.20 bits per heavy atom. The first kappa shape index (κ1) is 21.5. The van der Waals surface area contributed by atoms with E-state index in [9.17, 15) is 17.6 Å². The molecule has 0 aromatic heterocycles. The van der Waals surface area contributed by atoms with E-state index in [-0.39, 0.29) is 11.4 Å². The van der Waals surface area contributed by atoms with Crippen LogP contribution in [-0.2, 0) is 21.4 Å². The first-order valence-electron chi connectivity index (χ1n) is 9.12. The van der Waals surface area contributed by atoms with Crippen LogP contribution in [0, 0.1) is 5.82 Å². The molecule has 30 heavy (non-hydrogen) atoms. The van der Waals surface area contributed by atoms with Crippen LogP contribution < -0.4 is 10.1 Å². The first-order chi connectivity index (χ1) is 14.4. The van der Waals surface area contributed by atoms with Gasteiger partial charge in [0.05, 0.1) is 18.6 Å². The molecular weight excluding hydrogens is 407 g/mol. The molecule has 6 nitrogen and oxygen atoms in total. The lowest BCUT2D eigenvalue weighted by atomic mass is 10.2. The fourth-order valence-electron chi connectivity index (χ4n) is 2.80. The van der Waals surface area contributed by atoms with Crippen LogP contribution in [0.15, 0.2) is 83.8 Å². The monoisotopic (exact) mass is 428 g/mol. The van der Waals surface area contributed by atoms with Gasteiger partial charge in [-0.3, -0.25) is 4.79 Å². The highest BCUT2D eigenvalue weighted by Gasteiger charge is 2.27. The van der Waals surface area contributed by atoms with Gasteiger partial charge in [0.25, 0.3) is 0 Å². The summed E-state index contributed by atoms with van der Waals surface area (Å²) in [6, 6.07) is 20.1. The maximum Gasteiger partial charge on any atom is 0.243 e. The second-order valence-corrected chi connectivity index (χ2v) is 8.43. The van der Waals surface area contributed by atoms with Crippen LogP contribution >= 0.6 is 0 Å².